The molecule has 0 amide bonds. The molecule has 4 rings (SSSR count). The molecule has 1 N–H and O–H groups in total. The third-order valence-corrected chi connectivity index (χ3v) is 4.62. The van der Waals surface area contributed by atoms with Gasteiger partial charge in [-0.05, 0) is 43.0 Å². The lowest BCUT2D eigenvalue weighted by molar-refractivity contribution is 0.724. The predicted molar refractivity (Wildman–Crippen MR) is 94.0 cm³/mol. The lowest BCUT2D eigenvalue weighted by atomic mass is 9.99. The van der Waals surface area contributed by atoms with E-state index in [-0.39, 0.29) is 12.4 Å². The van der Waals surface area contributed by atoms with E-state index in [4.69, 9.17) is 0 Å². The van der Waals surface area contributed by atoms with Crippen LogP contribution in [0.1, 0.15) is 22.4 Å². The molecule has 0 spiro atoms. The molecular formula is C18H20ClN3. The summed E-state index contributed by atoms with van der Waals surface area (Å²) in [7, 11) is 0. The number of aryl methyl sites for hydroxylation is 2. The molecule has 0 atom stereocenters. The molecule has 0 unspecified atom stereocenters. The van der Waals surface area contributed by atoms with Crippen LogP contribution in [-0.4, -0.2) is 16.5 Å². The Morgan fingerprint density at radius 1 is 1.09 bits per heavy atom. The Labute approximate surface area is 136 Å². The summed E-state index contributed by atoms with van der Waals surface area (Å²) in [5.41, 5.74) is 6.63. The highest BCUT2D eigenvalue weighted by Gasteiger charge is 2.20. The van der Waals surface area contributed by atoms with Gasteiger partial charge in [0.05, 0.1) is 5.52 Å². The zero-order chi connectivity index (χ0) is 14.4. The largest absolute Gasteiger partial charge is 0.358 e. The van der Waals surface area contributed by atoms with Gasteiger partial charge in [-0.25, -0.2) is 4.98 Å². The standard InChI is InChI=1S/C18H19N3.ClH/c1-12-13(2)20-16-7-9-19-18(17(12)16)21-10-8-14-5-3-4-6-15(14)11-21;/h3-7,9,20H,8,10-11H2,1-2H3;1H. The molecule has 114 valence electrons. The van der Waals surface area contributed by atoms with Crippen LogP contribution in [0.5, 0.6) is 0 Å². The molecule has 1 aliphatic heterocycles. The zero-order valence-corrected chi connectivity index (χ0v) is 13.7. The second kappa shape index (κ2) is 5.65. The van der Waals surface area contributed by atoms with Crippen LogP contribution in [0.15, 0.2) is 36.5 Å². The summed E-state index contributed by atoms with van der Waals surface area (Å²) in [6.45, 7) is 6.29. The van der Waals surface area contributed by atoms with Gasteiger partial charge in [-0.2, -0.15) is 0 Å². The molecule has 1 aliphatic rings. The first-order chi connectivity index (χ1) is 10.2. The molecule has 0 aliphatic carbocycles. The highest BCUT2D eigenvalue weighted by molar-refractivity contribution is 5.94. The van der Waals surface area contributed by atoms with Crippen molar-refractivity contribution in [2.45, 2.75) is 26.8 Å². The highest BCUT2D eigenvalue weighted by Crippen LogP contribution is 2.32. The van der Waals surface area contributed by atoms with Crippen molar-refractivity contribution >= 4 is 29.1 Å². The zero-order valence-electron chi connectivity index (χ0n) is 12.9. The van der Waals surface area contributed by atoms with Crippen LogP contribution in [0.2, 0.25) is 0 Å². The van der Waals surface area contributed by atoms with E-state index in [0.717, 1.165) is 25.3 Å². The van der Waals surface area contributed by atoms with E-state index in [1.807, 2.05) is 6.20 Å². The second-order valence-corrected chi connectivity index (χ2v) is 5.87. The van der Waals surface area contributed by atoms with E-state index in [9.17, 15) is 0 Å². The third-order valence-electron chi connectivity index (χ3n) is 4.62. The van der Waals surface area contributed by atoms with Gasteiger partial charge in [0.25, 0.3) is 0 Å². The quantitative estimate of drug-likeness (QED) is 0.731. The maximum atomic E-state index is 4.68. The van der Waals surface area contributed by atoms with E-state index < -0.39 is 0 Å². The fourth-order valence-corrected chi connectivity index (χ4v) is 3.32. The minimum Gasteiger partial charge on any atom is -0.358 e. The Morgan fingerprint density at radius 3 is 2.68 bits per heavy atom. The van der Waals surface area contributed by atoms with Gasteiger partial charge in [-0.15, -0.1) is 12.4 Å². The molecule has 0 saturated carbocycles. The number of hydrogen-bond donors (Lipinski definition) is 1. The van der Waals surface area contributed by atoms with Gasteiger partial charge in [0.2, 0.25) is 0 Å². The van der Waals surface area contributed by atoms with Crippen LogP contribution in [0.4, 0.5) is 5.82 Å². The lowest BCUT2D eigenvalue weighted by Crippen LogP contribution is -2.31. The van der Waals surface area contributed by atoms with Crippen molar-refractivity contribution in [3.63, 3.8) is 0 Å². The van der Waals surface area contributed by atoms with E-state index in [0.29, 0.717) is 0 Å². The van der Waals surface area contributed by atoms with Crippen molar-refractivity contribution in [3.05, 3.63) is 58.9 Å². The summed E-state index contributed by atoms with van der Waals surface area (Å²) < 4.78 is 0. The monoisotopic (exact) mass is 313 g/mol. The average Bonchev–Trinajstić information content (AvgIpc) is 2.82. The van der Waals surface area contributed by atoms with E-state index >= 15 is 0 Å². The number of nitrogens with one attached hydrogen (secondary N) is 1. The molecule has 2 aromatic heterocycles. The summed E-state index contributed by atoms with van der Waals surface area (Å²) in [4.78, 5) is 10.5. The third kappa shape index (κ3) is 2.26. The SMILES string of the molecule is Cc1[nH]c2ccnc(N3CCc4ccccc4C3)c2c1C.Cl. The molecule has 3 nitrogen and oxygen atoms in total. The van der Waals surface area contributed by atoms with Crippen LogP contribution >= 0.6 is 12.4 Å². The molecule has 0 bridgehead atoms. The number of aromatic amines is 1. The number of fused-ring (bicyclic) bond motifs is 2. The van der Waals surface area contributed by atoms with Gasteiger partial charge in [0.1, 0.15) is 5.82 Å². The van der Waals surface area contributed by atoms with Gasteiger partial charge in [-0.3, -0.25) is 0 Å². The molecule has 4 heteroatoms. The van der Waals surface area contributed by atoms with Gasteiger partial charge >= 0.3 is 0 Å². The van der Waals surface area contributed by atoms with Crippen LogP contribution in [0.25, 0.3) is 10.9 Å². The van der Waals surface area contributed by atoms with Gasteiger partial charge in [0.15, 0.2) is 0 Å². The number of rotatable bonds is 1. The number of halogens is 1. The van der Waals surface area contributed by atoms with Crippen molar-refractivity contribution in [1.29, 1.82) is 0 Å². The Morgan fingerprint density at radius 2 is 1.86 bits per heavy atom. The van der Waals surface area contributed by atoms with E-state index in [1.54, 1.807) is 0 Å². The Bertz CT molecular complexity index is 822. The van der Waals surface area contributed by atoms with Gasteiger partial charge < -0.3 is 9.88 Å². The molecular weight excluding hydrogens is 294 g/mol. The molecule has 0 fully saturated rings. The van der Waals surface area contributed by atoms with Crippen molar-refractivity contribution in [3.8, 4) is 0 Å². The fraction of sp³-hybridized carbons (Fsp3) is 0.278. The molecule has 3 heterocycles. The Balaban J connectivity index is 0.00000144. The lowest BCUT2D eigenvalue weighted by Gasteiger charge is -2.30. The first kappa shape index (κ1) is 14.9. The molecule has 1 aromatic carbocycles. The van der Waals surface area contributed by atoms with Crippen LogP contribution < -0.4 is 4.90 Å². The summed E-state index contributed by atoms with van der Waals surface area (Å²) in [5, 5.41) is 1.27. The van der Waals surface area contributed by atoms with Crippen molar-refractivity contribution in [2.24, 2.45) is 0 Å². The van der Waals surface area contributed by atoms with Gasteiger partial charge in [-0.1, -0.05) is 24.3 Å². The molecule has 22 heavy (non-hydrogen) atoms. The van der Waals surface area contributed by atoms with Crippen molar-refractivity contribution in [2.75, 3.05) is 11.4 Å². The first-order valence-corrected chi connectivity index (χ1v) is 7.49. The minimum atomic E-state index is 0. The first-order valence-electron chi connectivity index (χ1n) is 7.49. The predicted octanol–water partition coefficient (Wildman–Crippen LogP) is 4.16. The average molecular weight is 314 g/mol. The second-order valence-electron chi connectivity index (χ2n) is 5.87. The normalized spacial score (nSPS) is 13.8. The van der Waals surface area contributed by atoms with Crippen LogP contribution in [0, 0.1) is 13.8 Å². The highest BCUT2D eigenvalue weighted by atomic mass is 35.5. The van der Waals surface area contributed by atoms with Crippen molar-refractivity contribution in [1.82, 2.24) is 9.97 Å². The number of benzene rings is 1. The summed E-state index contributed by atoms with van der Waals surface area (Å²) >= 11 is 0. The maximum absolute atomic E-state index is 4.68. The van der Waals surface area contributed by atoms with E-state index in [1.165, 1.54) is 33.3 Å². The Hall–Kier alpha value is -2.00. The number of anilines is 1. The Kier molecular flexibility index (Phi) is 3.83. The smallest absolute Gasteiger partial charge is 0.138 e. The number of aromatic nitrogens is 2. The minimum absolute atomic E-state index is 0. The summed E-state index contributed by atoms with van der Waals surface area (Å²) in [6, 6.07) is 10.8. The summed E-state index contributed by atoms with van der Waals surface area (Å²) in [5.74, 6) is 1.11. The van der Waals surface area contributed by atoms with Crippen LogP contribution in [0.3, 0.4) is 0 Å². The number of H-pyrrole nitrogens is 1. The topological polar surface area (TPSA) is 31.9 Å². The number of pyridine rings is 1. The van der Waals surface area contributed by atoms with Crippen molar-refractivity contribution < 1.29 is 0 Å². The maximum Gasteiger partial charge on any atom is 0.138 e. The number of hydrogen-bond acceptors (Lipinski definition) is 2. The molecule has 3 aromatic rings. The number of nitrogens with zero attached hydrogens (tertiary/aromatic N) is 2. The fourth-order valence-electron chi connectivity index (χ4n) is 3.32. The van der Waals surface area contributed by atoms with Crippen LogP contribution in [-0.2, 0) is 13.0 Å². The molecule has 0 radical (unpaired) electrons. The summed E-state index contributed by atoms with van der Waals surface area (Å²) in [6.07, 6.45) is 3.00. The van der Waals surface area contributed by atoms with E-state index in [2.05, 4.69) is 59.0 Å². The van der Waals surface area contributed by atoms with Gasteiger partial charge in [0, 0.05) is 30.4 Å². The molecule has 0 saturated heterocycles.